The van der Waals surface area contributed by atoms with Crippen LogP contribution in [0, 0.1) is 0 Å². The van der Waals surface area contributed by atoms with Gasteiger partial charge >= 0.3 is 0 Å². The third-order valence-electron chi connectivity index (χ3n) is 2.40. The second-order valence-electron chi connectivity index (χ2n) is 3.64. The number of nitrogens with zero attached hydrogens (tertiary/aromatic N) is 3. The molecule has 18 heavy (non-hydrogen) atoms. The van der Waals surface area contributed by atoms with Crippen molar-refractivity contribution in [1.29, 1.82) is 0 Å². The molecule has 2 aromatic heterocycles. The molecule has 2 heterocycles. The maximum Gasteiger partial charge on any atom is 0.272 e. The van der Waals surface area contributed by atoms with E-state index in [1.54, 1.807) is 12.4 Å². The summed E-state index contributed by atoms with van der Waals surface area (Å²) >= 11 is 5.69. The highest BCUT2D eigenvalue weighted by molar-refractivity contribution is 6.29. The average molecular weight is 266 g/mol. The Morgan fingerprint density at radius 3 is 3.00 bits per heavy atom. The van der Waals surface area contributed by atoms with Crippen molar-refractivity contribution in [3.63, 3.8) is 0 Å². The van der Waals surface area contributed by atoms with Gasteiger partial charge in [0, 0.05) is 12.4 Å². The monoisotopic (exact) mass is 265 g/mol. The smallest absolute Gasteiger partial charge is 0.272 e. The molecule has 0 radical (unpaired) electrons. The summed E-state index contributed by atoms with van der Waals surface area (Å²) < 4.78 is 0. The summed E-state index contributed by atoms with van der Waals surface area (Å²) in [6, 6.07) is -0.187. The van der Waals surface area contributed by atoms with E-state index in [4.69, 9.17) is 11.6 Å². The first-order valence-electron chi connectivity index (χ1n) is 5.48. The van der Waals surface area contributed by atoms with Crippen LogP contribution in [0.5, 0.6) is 0 Å². The Balaban J connectivity index is 2.11. The molecule has 0 spiro atoms. The van der Waals surface area contributed by atoms with Crippen molar-refractivity contribution in [2.45, 2.75) is 19.4 Å². The van der Waals surface area contributed by atoms with Gasteiger partial charge in [0.05, 0.1) is 18.4 Å². The highest BCUT2D eigenvalue weighted by atomic mass is 35.5. The van der Waals surface area contributed by atoms with Gasteiger partial charge in [-0.2, -0.15) is 0 Å². The lowest BCUT2D eigenvalue weighted by molar-refractivity contribution is 0.0928. The van der Waals surface area contributed by atoms with Crippen LogP contribution in [-0.4, -0.2) is 25.8 Å². The van der Waals surface area contributed by atoms with Crippen LogP contribution in [0.4, 0.5) is 0 Å². The molecule has 2 rings (SSSR count). The van der Waals surface area contributed by atoms with E-state index in [-0.39, 0.29) is 22.8 Å². The Labute approximate surface area is 109 Å². The maximum atomic E-state index is 11.9. The van der Waals surface area contributed by atoms with E-state index >= 15 is 0 Å². The fourth-order valence-corrected chi connectivity index (χ4v) is 1.66. The van der Waals surface area contributed by atoms with Gasteiger partial charge in [-0.15, -0.1) is 0 Å². The minimum atomic E-state index is -0.326. The van der Waals surface area contributed by atoms with Gasteiger partial charge in [-0.1, -0.05) is 18.5 Å². The number of H-pyrrole nitrogens is 1. The highest BCUT2D eigenvalue weighted by Gasteiger charge is 2.17. The number of hydrogen-bond acceptors (Lipinski definition) is 4. The number of aromatic nitrogens is 4. The number of imidazole rings is 1. The van der Waals surface area contributed by atoms with Crippen molar-refractivity contribution >= 4 is 17.5 Å². The molecule has 0 fully saturated rings. The van der Waals surface area contributed by atoms with Gasteiger partial charge in [0.1, 0.15) is 16.7 Å². The number of aromatic amines is 1. The molecule has 0 aliphatic heterocycles. The number of amides is 1. The van der Waals surface area contributed by atoms with Crippen molar-refractivity contribution in [3.05, 3.63) is 41.5 Å². The van der Waals surface area contributed by atoms with E-state index in [1.807, 2.05) is 6.92 Å². The lowest BCUT2D eigenvalue weighted by atomic mass is 10.2. The van der Waals surface area contributed by atoms with Gasteiger partial charge in [0.15, 0.2) is 0 Å². The first-order chi connectivity index (χ1) is 8.70. The van der Waals surface area contributed by atoms with Crippen LogP contribution in [0.2, 0.25) is 5.15 Å². The summed E-state index contributed by atoms with van der Waals surface area (Å²) in [5, 5.41) is 3.01. The first kappa shape index (κ1) is 12.5. The van der Waals surface area contributed by atoms with E-state index in [0.29, 0.717) is 12.2 Å². The molecule has 0 saturated heterocycles. The predicted molar refractivity (Wildman–Crippen MR) is 66.1 cm³/mol. The minimum Gasteiger partial charge on any atom is -0.347 e. The minimum absolute atomic E-state index is 0.187. The fraction of sp³-hybridized carbons (Fsp3) is 0.273. The molecule has 0 bridgehead atoms. The number of carbonyl (C=O) groups is 1. The molecule has 0 saturated carbocycles. The predicted octanol–water partition coefficient (Wildman–Crippen LogP) is 1.73. The van der Waals surface area contributed by atoms with Crippen LogP contribution >= 0.6 is 11.6 Å². The van der Waals surface area contributed by atoms with Gasteiger partial charge in [-0.25, -0.2) is 9.97 Å². The van der Waals surface area contributed by atoms with E-state index in [9.17, 15) is 4.79 Å². The van der Waals surface area contributed by atoms with Crippen molar-refractivity contribution in [2.24, 2.45) is 0 Å². The first-order valence-corrected chi connectivity index (χ1v) is 5.86. The second-order valence-corrected chi connectivity index (χ2v) is 4.02. The molecular formula is C11H12ClN5O. The normalized spacial score (nSPS) is 12.1. The Hall–Kier alpha value is -1.95. The number of carbonyl (C=O) groups excluding carboxylic acids is 1. The van der Waals surface area contributed by atoms with E-state index in [2.05, 4.69) is 25.3 Å². The molecule has 1 unspecified atom stereocenters. The van der Waals surface area contributed by atoms with Crippen molar-refractivity contribution in [1.82, 2.24) is 25.3 Å². The topological polar surface area (TPSA) is 83.6 Å². The standard InChI is InChI=1S/C11H12ClN5O/c1-2-7(10-14-3-4-15-10)17-11(18)8-5-13-6-9(12)16-8/h3-7H,2H2,1H3,(H,14,15)(H,17,18). The third kappa shape index (κ3) is 2.84. The molecule has 0 aromatic carbocycles. The zero-order valence-corrected chi connectivity index (χ0v) is 10.5. The zero-order chi connectivity index (χ0) is 13.0. The summed E-state index contributed by atoms with van der Waals surface area (Å²) in [4.78, 5) is 26.8. The zero-order valence-electron chi connectivity index (χ0n) is 9.72. The largest absolute Gasteiger partial charge is 0.347 e. The molecule has 7 heteroatoms. The van der Waals surface area contributed by atoms with Crippen LogP contribution in [0.1, 0.15) is 35.7 Å². The van der Waals surface area contributed by atoms with Gasteiger partial charge < -0.3 is 10.3 Å². The van der Waals surface area contributed by atoms with E-state index in [0.717, 1.165) is 0 Å². The molecule has 1 atom stereocenters. The number of halogens is 1. The summed E-state index contributed by atoms with van der Waals surface area (Å²) in [7, 11) is 0. The lowest BCUT2D eigenvalue weighted by Crippen LogP contribution is -2.29. The van der Waals surface area contributed by atoms with Gasteiger partial charge in [0.2, 0.25) is 0 Å². The molecule has 0 aliphatic rings. The van der Waals surface area contributed by atoms with E-state index < -0.39 is 0 Å². The average Bonchev–Trinajstić information content (AvgIpc) is 2.89. The van der Waals surface area contributed by atoms with Gasteiger partial charge in [-0.3, -0.25) is 9.78 Å². The Morgan fingerprint density at radius 2 is 2.39 bits per heavy atom. The van der Waals surface area contributed by atoms with Gasteiger partial charge in [0.25, 0.3) is 5.91 Å². The summed E-state index contributed by atoms with van der Waals surface area (Å²) in [6.07, 6.45) is 6.82. The van der Waals surface area contributed by atoms with Crippen LogP contribution in [0.25, 0.3) is 0 Å². The quantitative estimate of drug-likeness (QED) is 0.882. The molecule has 0 aliphatic carbocycles. The third-order valence-corrected chi connectivity index (χ3v) is 2.58. The number of rotatable bonds is 4. The summed E-state index contributed by atoms with van der Waals surface area (Å²) in [6.45, 7) is 1.96. The van der Waals surface area contributed by atoms with Crippen molar-refractivity contribution in [2.75, 3.05) is 0 Å². The highest BCUT2D eigenvalue weighted by Crippen LogP contribution is 2.12. The fourth-order valence-electron chi connectivity index (χ4n) is 1.52. The summed E-state index contributed by atoms with van der Waals surface area (Å²) in [5.41, 5.74) is 0.188. The molecule has 2 aromatic rings. The van der Waals surface area contributed by atoms with Crippen LogP contribution < -0.4 is 5.32 Å². The molecule has 1 amide bonds. The van der Waals surface area contributed by atoms with E-state index in [1.165, 1.54) is 12.4 Å². The van der Waals surface area contributed by atoms with Crippen molar-refractivity contribution < 1.29 is 4.79 Å². The number of nitrogens with one attached hydrogen (secondary N) is 2. The maximum absolute atomic E-state index is 11.9. The summed E-state index contributed by atoms with van der Waals surface area (Å²) in [5.74, 6) is 0.383. The second kappa shape index (κ2) is 5.59. The van der Waals surface area contributed by atoms with Crippen LogP contribution in [0.3, 0.4) is 0 Å². The Bertz CT molecular complexity index is 528. The van der Waals surface area contributed by atoms with Crippen LogP contribution in [0.15, 0.2) is 24.8 Å². The van der Waals surface area contributed by atoms with Gasteiger partial charge in [-0.05, 0) is 6.42 Å². The Kier molecular flexibility index (Phi) is 3.88. The molecule has 2 N–H and O–H groups in total. The van der Waals surface area contributed by atoms with Crippen molar-refractivity contribution in [3.8, 4) is 0 Å². The molecule has 94 valence electrons. The molecular weight excluding hydrogens is 254 g/mol. The van der Waals surface area contributed by atoms with Crippen LogP contribution in [-0.2, 0) is 0 Å². The Morgan fingerprint density at radius 1 is 1.56 bits per heavy atom. The lowest BCUT2D eigenvalue weighted by Gasteiger charge is -2.14. The SMILES string of the molecule is CCC(NC(=O)c1cncc(Cl)n1)c1ncc[nH]1. The number of hydrogen-bond donors (Lipinski definition) is 2. The molecule has 6 nitrogen and oxygen atoms in total.